The number of nitrogens with zero attached hydrogens (tertiary/aromatic N) is 1. The molecule has 0 N–H and O–H groups in total. The normalized spacial score (nSPS) is 10.3. The number of amides is 1. The fraction of sp³-hybridized carbons (Fsp3) is 0.294. The quantitative estimate of drug-likeness (QED) is 0.769. The summed E-state index contributed by atoms with van der Waals surface area (Å²) >= 11 is 1.63. The molecule has 0 atom stereocenters. The molecule has 0 aliphatic carbocycles. The molecular formula is C17H19NO3S. The highest BCUT2D eigenvalue weighted by Crippen LogP contribution is 2.14. The summed E-state index contributed by atoms with van der Waals surface area (Å²) in [6, 6.07) is 9.23. The molecule has 0 radical (unpaired) electrons. The van der Waals surface area contributed by atoms with E-state index in [1.54, 1.807) is 35.4 Å². The molecule has 0 bridgehead atoms. The van der Waals surface area contributed by atoms with Crippen LogP contribution in [0.5, 0.6) is 0 Å². The first-order chi connectivity index (χ1) is 10.6. The molecule has 0 aliphatic heterocycles. The van der Waals surface area contributed by atoms with E-state index in [1.165, 1.54) is 12.7 Å². The molecule has 0 aliphatic rings. The number of hydrogen-bond acceptors (Lipinski definition) is 4. The lowest BCUT2D eigenvalue weighted by Gasteiger charge is -2.18. The van der Waals surface area contributed by atoms with E-state index >= 15 is 0 Å². The van der Waals surface area contributed by atoms with Crippen LogP contribution in [0.4, 0.5) is 0 Å². The van der Waals surface area contributed by atoms with Crippen molar-refractivity contribution in [2.75, 3.05) is 14.2 Å². The Kier molecular flexibility index (Phi) is 5.72. The molecule has 5 heteroatoms. The number of esters is 1. The molecule has 0 saturated heterocycles. The second-order valence-electron chi connectivity index (χ2n) is 5.03. The monoisotopic (exact) mass is 317 g/mol. The van der Waals surface area contributed by atoms with Crippen molar-refractivity contribution in [2.45, 2.75) is 19.4 Å². The first-order valence-corrected chi connectivity index (χ1v) is 7.97. The number of rotatable bonds is 6. The number of thiophene rings is 1. The van der Waals surface area contributed by atoms with Gasteiger partial charge in [0.25, 0.3) is 0 Å². The standard InChI is InChI=1S/C17H19NO3S/c1-18(16(19)8-7-13-9-10-22-12-13)11-14-5-3-4-6-15(14)17(20)21-2/h3-6,9-10,12H,7-8,11H2,1-2H3. The van der Waals surface area contributed by atoms with Crippen molar-refractivity contribution >= 4 is 23.2 Å². The topological polar surface area (TPSA) is 46.6 Å². The van der Waals surface area contributed by atoms with E-state index in [9.17, 15) is 9.59 Å². The van der Waals surface area contributed by atoms with Crippen LogP contribution in [0.15, 0.2) is 41.1 Å². The minimum Gasteiger partial charge on any atom is -0.465 e. The van der Waals surface area contributed by atoms with Gasteiger partial charge in [0.15, 0.2) is 0 Å². The number of carbonyl (C=O) groups is 2. The van der Waals surface area contributed by atoms with Crippen molar-refractivity contribution in [3.05, 3.63) is 57.8 Å². The zero-order valence-corrected chi connectivity index (χ0v) is 13.6. The summed E-state index contributed by atoms with van der Waals surface area (Å²) < 4.78 is 4.77. The van der Waals surface area contributed by atoms with Crippen molar-refractivity contribution in [3.8, 4) is 0 Å². The molecule has 0 saturated carbocycles. The predicted molar refractivity (Wildman–Crippen MR) is 86.9 cm³/mol. The maximum absolute atomic E-state index is 12.2. The second kappa shape index (κ2) is 7.75. The number of carbonyl (C=O) groups excluding carboxylic acids is 2. The van der Waals surface area contributed by atoms with Gasteiger partial charge in [-0.3, -0.25) is 4.79 Å². The Bertz CT molecular complexity index is 637. The Morgan fingerprint density at radius 2 is 2.00 bits per heavy atom. The molecule has 1 amide bonds. The summed E-state index contributed by atoms with van der Waals surface area (Å²) in [6.07, 6.45) is 1.21. The van der Waals surface area contributed by atoms with E-state index in [-0.39, 0.29) is 11.9 Å². The maximum atomic E-state index is 12.2. The van der Waals surface area contributed by atoms with Gasteiger partial charge in [-0.1, -0.05) is 18.2 Å². The number of benzene rings is 1. The van der Waals surface area contributed by atoms with Gasteiger partial charge in [0.1, 0.15) is 0 Å². The van der Waals surface area contributed by atoms with Crippen LogP contribution >= 0.6 is 11.3 Å². The van der Waals surface area contributed by atoms with Crippen molar-refractivity contribution in [1.82, 2.24) is 4.90 Å². The van der Waals surface area contributed by atoms with E-state index in [2.05, 4.69) is 5.38 Å². The molecule has 4 nitrogen and oxygen atoms in total. The third-order valence-electron chi connectivity index (χ3n) is 3.46. The Balaban J connectivity index is 1.97. The molecule has 1 aromatic carbocycles. The first-order valence-electron chi connectivity index (χ1n) is 7.03. The second-order valence-corrected chi connectivity index (χ2v) is 5.81. The van der Waals surface area contributed by atoms with Gasteiger partial charge in [-0.05, 0) is 40.4 Å². The minimum atomic E-state index is -0.380. The number of methoxy groups -OCH3 is 1. The fourth-order valence-electron chi connectivity index (χ4n) is 2.19. The lowest BCUT2D eigenvalue weighted by Crippen LogP contribution is -2.27. The summed E-state index contributed by atoms with van der Waals surface area (Å²) in [5.41, 5.74) is 2.48. The molecule has 1 heterocycles. The third-order valence-corrected chi connectivity index (χ3v) is 4.20. The average molecular weight is 317 g/mol. The van der Waals surface area contributed by atoms with Crippen molar-refractivity contribution < 1.29 is 14.3 Å². The average Bonchev–Trinajstić information content (AvgIpc) is 3.05. The van der Waals surface area contributed by atoms with Gasteiger partial charge in [0.05, 0.1) is 12.7 Å². The van der Waals surface area contributed by atoms with Crippen LogP contribution in [-0.2, 0) is 22.5 Å². The van der Waals surface area contributed by atoms with Crippen LogP contribution in [0.2, 0.25) is 0 Å². The summed E-state index contributed by atoms with van der Waals surface area (Å²) in [5, 5.41) is 4.07. The molecule has 22 heavy (non-hydrogen) atoms. The third kappa shape index (κ3) is 4.18. The largest absolute Gasteiger partial charge is 0.465 e. The van der Waals surface area contributed by atoms with Crippen LogP contribution in [0.25, 0.3) is 0 Å². The predicted octanol–water partition coefficient (Wildman–Crippen LogP) is 3.13. The van der Waals surface area contributed by atoms with Crippen molar-refractivity contribution in [2.24, 2.45) is 0 Å². The molecule has 0 fully saturated rings. The highest BCUT2D eigenvalue weighted by atomic mass is 32.1. The highest BCUT2D eigenvalue weighted by Gasteiger charge is 2.15. The van der Waals surface area contributed by atoms with Gasteiger partial charge >= 0.3 is 5.97 Å². The van der Waals surface area contributed by atoms with Crippen LogP contribution in [-0.4, -0.2) is 30.9 Å². The molecule has 0 spiro atoms. The molecular weight excluding hydrogens is 298 g/mol. The van der Waals surface area contributed by atoms with Gasteiger partial charge in [-0.15, -0.1) is 0 Å². The van der Waals surface area contributed by atoms with Crippen LogP contribution in [0, 0.1) is 0 Å². The fourth-order valence-corrected chi connectivity index (χ4v) is 2.89. The van der Waals surface area contributed by atoms with Crippen LogP contribution < -0.4 is 0 Å². The van der Waals surface area contributed by atoms with Crippen LogP contribution in [0.3, 0.4) is 0 Å². The number of hydrogen-bond donors (Lipinski definition) is 0. The SMILES string of the molecule is COC(=O)c1ccccc1CN(C)C(=O)CCc1ccsc1. The Labute approximate surface area is 134 Å². The Morgan fingerprint density at radius 1 is 1.23 bits per heavy atom. The smallest absolute Gasteiger partial charge is 0.338 e. The summed E-state index contributed by atoms with van der Waals surface area (Å²) in [5.74, 6) is -0.319. The summed E-state index contributed by atoms with van der Waals surface area (Å²) in [4.78, 5) is 25.6. The zero-order valence-electron chi connectivity index (χ0n) is 12.7. The minimum absolute atomic E-state index is 0.0610. The van der Waals surface area contributed by atoms with E-state index < -0.39 is 0 Å². The van der Waals surface area contributed by atoms with Gasteiger partial charge in [-0.2, -0.15) is 11.3 Å². The lowest BCUT2D eigenvalue weighted by molar-refractivity contribution is -0.130. The van der Waals surface area contributed by atoms with Crippen LogP contribution in [0.1, 0.15) is 27.9 Å². The summed E-state index contributed by atoms with van der Waals surface area (Å²) in [6.45, 7) is 0.397. The van der Waals surface area contributed by atoms with E-state index in [4.69, 9.17) is 4.74 Å². The molecule has 116 valence electrons. The molecule has 2 rings (SSSR count). The van der Waals surface area contributed by atoms with E-state index in [0.717, 1.165) is 12.0 Å². The Morgan fingerprint density at radius 3 is 2.68 bits per heavy atom. The molecule has 1 aromatic heterocycles. The highest BCUT2D eigenvalue weighted by molar-refractivity contribution is 7.07. The van der Waals surface area contributed by atoms with Gasteiger partial charge in [0.2, 0.25) is 5.91 Å². The lowest BCUT2D eigenvalue weighted by atomic mass is 10.1. The number of ether oxygens (including phenoxy) is 1. The maximum Gasteiger partial charge on any atom is 0.338 e. The Hall–Kier alpha value is -2.14. The molecule has 2 aromatic rings. The van der Waals surface area contributed by atoms with E-state index in [0.29, 0.717) is 18.5 Å². The molecule has 0 unspecified atom stereocenters. The first kappa shape index (κ1) is 16.2. The van der Waals surface area contributed by atoms with Gasteiger partial charge < -0.3 is 9.64 Å². The van der Waals surface area contributed by atoms with E-state index in [1.807, 2.05) is 23.6 Å². The summed E-state index contributed by atoms with van der Waals surface area (Å²) in [7, 11) is 3.11. The van der Waals surface area contributed by atoms with Gasteiger partial charge in [-0.25, -0.2) is 4.79 Å². The van der Waals surface area contributed by atoms with Crippen molar-refractivity contribution in [1.29, 1.82) is 0 Å². The van der Waals surface area contributed by atoms with Crippen molar-refractivity contribution in [3.63, 3.8) is 0 Å². The number of aryl methyl sites for hydroxylation is 1. The zero-order chi connectivity index (χ0) is 15.9. The van der Waals surface area contributed by atoms with Gasteiger partial charge in [0, 0.05) is 20.0 Å².